The molecule has 0 bridgehead atoms. The van der Waals surface area contributed by atoms with Crippen molar-refractivity contribution in [3.05, 3.63) is 41.3 Å². The van der Waals surface area contributed by atoms with Gasteiger partial charge in [-0.05, 0) is 31.5 Å². The Morgan fingerprint density at radius 1 is 1.38 bits per heavy atom. The number of carbonyl (C=O) groups is 2. The molecule has 8 nitrogen and oxygen atoms in total. The minimum Gasteiger partial charge on any atom is -0.366 e. The Kier molecular flexibility index (Phi) is 4.03. The van der Waals surface area contributed by atoms with Crippen molar-refractivity contribution in [1.29, 1.82) is 0 Å². The lowest BCUT2D eigenvalue weighted by Crippen LogP contribution is -2.16. The predicted octanol–water partition coefficient (Wildman–Crippen LogP) is 2.09. The summed E-state index contributed by atoms with van der Waals surface area (Å²) in [6.45, 7) is 4.42. The maximum atomic E-state index is 12.3. The summed E-state index contributed by atoms with van der Waals surface area (Å²) in [5.41, 5.74) is 7.71. The van der Waals surface area contributed by atoms with Crippen LogP contribution in [0.2, 0.25) is 0 Å². The van der Waals surface area contributed by atoms with Crippen LogP contribution in [0.15, 0.2) is 28.9 Å². The number of benzene rings is 1. The SMILES string of the molecule is CCCn1c(NC(=O)c2oncc2C)nc2cc(C(N)=O)ccc21. The van der Waals surface area contributed by atoms with Gasteiger partial charge in [0.25, 0.3) is 5.91 Å². The average Bonchev–Trinajstić information content (AvgIpc) is 3.11. The number of aryl methyl sites for hydroxylation is 2. The van der Waals surface area contributed by atoms with Gasteiger partial charge >= 0.3 is 0 Å². The molecule has 0 spiro atoms. The molecule has 0 saturated heterocycles. The van der Waals surface area contributed by atoms with Crippen LogP contribution in [0.4, 0.5) is 5.95 Å². The van der Waals surface area contributed by atoms with E-state index in [1.54, 1.807) is 25.1 Å². The van der Waals surface area contributed by atoms with Gasteiger partial charge in [0.2, 0.25) is 17.6 Å². The average molecular weight is 327 g/mol. The Hall–Kier alpha value is -3.16. The molecule has 1 aromatic carbocycles. The summed E-state index contributed by atoms with van der Waals surface area (Å²) in [5, 5.41) is 6.34. The molecule has 0 atom stereocenters. The molecule has 0 aliphatic carbocycles. The number of nitrogens with two attached hydrogens (primary N) is 1. The highest BCUT2D eigenvalue weighted by molar-refractivity contribution is 6.03. The topological polar surface area (TPSA) is 116 Å². The summed E-state index contributed by atoms with van der Waals surface area (Å²) >= 11 is 0. The van der Waals surface area contributed by atoms with Gasteiger partial charge in [0.15, 0.2) is 0 Å². The van der Waals surface area contributed by atoms with Crippen molar-refractivity contribution in [3.63, 3.8) is 0 Å². The van der Waals surface area contributed by atoms with Crippen LogP contribution in [-0.2, 0) is 6.54 Å². The number of amides is 2. The zero-order chi connectivity index (χ0) is 17.3. The molecule has 3 aromatic rings. The lowest BCUT2D eigenvalue weighted by Gasteiger charge is -2.08. The number of primary amides is 1. The molecule has 0 aliphatic heterocycles. The molecule has 24 heavy (non-hydrogen) atoms. The monoisotopic (exact) mass is 327 g/mol. The summed E-state index contributed by atoms with van der Waals surface area (Å²) in [7, 11) is 0. The van der Waals surface area contributed by atoms with E-state index in [1.165, 1.54) is 6.20 Å². The molecule has 0 radical (unpaired) electrons. The smallest absolute Gasteiger partial charge is 0.296 e. The Morgan fingerprint density at radius 3 is 2.79 bits per heavy atom. The summed E-state index contributed by atoms with van der Waals surface area (Å²) in [5.74, 6) is -0.421. The molecule has 0 unspecified atom stereocenters. The zero-order valence-corrected chi connectivity index (χ0v) is 13.4. The second kappa shape index (κ2) is 6.15. The van der Waals surface area contributed by atoms with E-state index < -0.39 is 11.8 Å². The van der Waals surface area contributed by atoms with E-state index >= 15 is 0 Å². The molecule has 8 heteroatoms. The fraction of sp³-hybridized carbons (Fsp3) is 0.250. The molecule has 2 heterocycles. The first-order chi connectivity index (χ1) is 11.5. The third kappa shape index (κ3) is 2.73. The van der Waals surface area contributed by atoms with Gasteiger partial charge < -0.3 is 14.8 Å². The lowest BCUT2D eigenvalue weighted by atomic mass is 10.2. The maximum Gasteiger partial charge on any atom is 0.296 e. The number of hydrogen-bond donors (Lipinski definition) is 2. The minimum atomic E-state index is -0.523. The normalized spacial score (nSPS) is 10.9. The number of aromatic nitrogens is 3. The van der Waals surface area contributed by atoms with E-state index in [0.717, 1.165) is 11.9 Å². The van der Waals surface area contributed by atoms with Gasteiger partial charge in [0.05, 0.1) is 17.2 Å². The van der Waals surface area contributed by atoms with E-state index in [9.17, 15) is 9.59 Å². The third-order valence-electron chi connectivity index (χ3n) is 3.66. The van der Waals surface area contributed by atoms with Crippen LogP contribution in [0.1, 0.15) is 39.8 Å². The highest BCUT2D eigenvalue weighted by Gasteiger charge is 2.19. The third-order valence-corrected chi connectivity index (χ3v) is 3.66. The summed E-state index contributed by atoms with van der Waals surface area (Å²) < 4.78 is 6.84. The van der Waals surface area contributed by atoms with Gasteiger partial charge in [-0.2, -0.15) is 0 Å². The van der Waals surface area contributed by atoms with Gasteiger partial charge in [0.1, 0.15) is 0 Å². The fourth-order valence-corrected chi connectivity index (χ4v) is 2.50. The van der Waals surface area contributed by atoms with Crippen LogP contribution >= 0.6 is 0 Å². The molecule has 2 aromatic heterocycles. The van der Waals surface area contributed by atoms with Gasteiger partial charge in [-0.1, -0.05) is 12.1 Å². The van der Waals surface area contributed by atoms with Crippen molar-refractivity contribution in [2.24, 2.45) is 5.73 Å². The van der Waals surface area contributed by atoms with Gasteiger partial charge in [-0.3, -0.25) is 14.9 Å². The molecule has 3 rings (SSSR count). The van der Waals surface area contributed by atoms with E-state index in [0.29, 0.717) is 29.1 Å². The minimum absolute atomic E-state index is 0.142. The van der Waals surface area contributed by atoms with Crippen LogP contribution in [0.3, 0.4) is 0 Å². The standard InChI is InChI=1S/C16H17N5O3/c1-3-6-21-12-5-4-10(14(17)22)7-11(12)19-16(21)20-15(23)13-9(2)8-18-24-13/h4-5,7-8H,3,6H2,1-2H3,(H2,17,22)(H,19,20,23). The van der Waals surface area contributed by atoms with Crippen molar-refractivity contribution in [1.82, 2.24) is 14.7 Å². The Morgan fingerprint density at radius 2 is 2.17 bits per heavy atom. The molecular weight excluding hydrogens is 310 g/mol. The summed E-state index contributed by atoms with van der Waals surface area (Å²) in [6, 6.07) is 5.03. The Balaban J connectivity index is 2.02. The molecule has 0 saturated carbocycles. The van der Waals surface area contributed by atoms with E-state index in [4.69, 9.17) is 10.3 Å². The Labute approximate surface area is 137 Å². The molecule has 124 valence electrons. The lowest BCUT2D eigenvalue weighted by molar-refractivity contribution is 0.0982. The van der Waals surface area contributed by atoms with Crippen molar-refractivity contribution >= 4 is 28.8 Å². The first-order valence-electron chi connectivity index (χ1n) is 7.54. The zero-order valence-electron chi connectivity index (χ0n) is 13.4. The second-order valence-corrected chi connectivity index (χ2v) is 5.45. The van der Waals surface area contributed by atoms with Crippen LogP contribution < -0.4 is 11.1 Å². The highest BCUT2D eigenvalue weighted by Crippen LogP contribution is 2.22. The maximum absolute atomic E-state index is 12.3. The first kappa shape index (κ1) is 15.7. The summed E-state index contributed by atoms with van der Waals surface area (Å²) in [4.78, 5) is 28.1. The van der Waals surface area contributed by atoms with Gasteiger partial charge in [-0.15, -0.1) is 0 Å². The van der Waals surface area contributed by atoms with E-state index in [1.807, 2.05) is 11.5 Å². The first-order valence-corrected chi connectivity index (χ1v) is 7.54. The van der Waals surface area contributed by atoms with Crippen molar-refractivity contribution < 1.29 is 14.1 Å². The van der Waals surface area contributed by atoms with Crippen molar-refractivity contribution in [2.45, 2.75) is 26.8 Å². The number of anilines is 1. The van der Waals surface area contributed by atoms with Crippen LogP contribution in [0, 0.1) is 6.92 Å². The summed E-state index contributed by atoms with van der Waals surface area (Å²) in [6.07, 6.45) is 2.33. The van der Waals surface area contributed by atoms with E-state index in [2.05, 4.69) is 15.5 Å². The largest absolute Gasteiger partial charge is 0.366 e. The number of nitrogens with zero attached hydrogens (tertiary/aromatic N) is 3. The van der Waals surface area contributed by atoms with Crippen molar-refractivity contribution in [3.8, 4) is 0 Å². The number of hydrogen-bond acceptors (Lipinski definition) is 5. The number of rotatable bonds is 5. The Bertz CT molecular complexity index is 925. The van der Waals surface area contributed by atoms with Gasteiger partial charge in [0, 0.05) is 17.7 Å². The van der Waals surface area contributed by atoms with Crippen molar-refractivity contribution in [2.75, 3.05) is 5.32 Å². The number of carbonyl (C=O) groups excluding carboxylic acids is 2. The van der Waals surface area contributed by atoms with Crippen LogP contribution in [0.5, 0.6) is 0 Å². The van der Waals surface area contributed by atoms with Gasteiger partial charge in [-0.25, -0.2) is 4.98 Å². The quantitative estimate of drug-likeness (QED) is 0.744. The highest BCUT2D eigenvalue weighted by atomic mass is 16.5. The molecule has 2 amide bonds. The van der Waals surface area contributed by atoms with Crippen LogP contribution in [0.25, 0.3) is 11.0 Å². The van der Waals surface area contributed by atoms with Crippen LogP contribution in [-0.4, -0.2) is 26.5 Å². The number of fused-ring (bicyclic) bond motifs is 1. The predicted molar refractivity (Wildman–Crippen MR) is 87.7 cm³/mol. The fourth-order valence-electron chi connectivity index (χ4n) is 2.50. The van der Waals surface area contributed by atoms with E-state index in [-0.39, 0.29) is 5.76 Å². The molecule has 0 aliphatic rings. The number of nitrogens with one attached hydrogen (secondary N) is 1. The molecular formula is C16H17N5O3. The number of imidazole rings is 1. The molecule has 0 fully saturated rings. The second-order valence-electron chi connectivity index (χ2n) is 5.45. The molecule has 3 N–H and O–H groups in total.